The van der Waals surface area contributed by atoms with Crippen molar-refractivity contribution < 1.29 is 4.79 Å². The first-order valence-electron chi connectivity index (χ1n) is 6.41. The van der Waals surface area contributed by atoms with Crippen LogP contribution in [0.4, 0.5) is 0 Å². The Hall–Kier alpha value is -1.09. The van der Waals surface area contributed by atoms with Crippen LogP contribution in [-0.4, -0.2) is 47.9 Å². The number of amides is 1. The Balaban J connectivity index is 2.04. The van der Waals surface area contributed by atoms with Gasteiger partial charge in [-0.3, -0.25) is 9.69 Å². The van der Waals surface area contributed by atoms with Crippen molar-refractivity contribution in [1.82, 2.24) is 9.80 Å². The molecule has 1 fully saturated rings. The van der Waals surface area contributed by atoms with E-state index in [1.165, 1.54) is 0 Å². The SMILES string of the molecule is CC(C#N)N1CCN(C(=O)c2ccc(Br)cc2Cl)CC1. The first kappa shape index (κ1) is 15.3. The fourth-order valence-electron chi connectivity index (χ4n) is 2.23. The molecule has 106 valence electrons. The second-order valence-corrected chi connectivity index (χ2v) is 6.08. The van der Waals surface area contributed by atoms with E-state index in [9.17, 15) is 4.79 Å². The van der Waals surface area contributed by atoms with Crippen LogP contribution in [0.15, 0.2) is 22.7 Å². The minimum absolute atomic E-state index is 0.0493. The Bertz CT molecular complexity index is 550. The fraction of sp³-hybridized carbons (Fsp3) is 0.429. The standard InChI is InChI=1S/C14H15BrClN3O/c1-10(9-17)18-4-6-19(7-5-18)14(20)12-3-2-11(15)8-13(12)16/h2-3,8,10H,4-7H2,1H3. The molecule has 0 aliphatic carbocycles. The zero-order valence-electron chi connectivity index (χ0n) is 11.1. The summed E-state index contributed by atoms with van der Waals surface area (Å²) in [5.41, 5.74) is 0.525. The zero-order valence-corrected chi connectivity index (χ0v) is 13.5. The predicted molar refractivity (Wildman–Crippen MR) is 81.7 cm³/mol. The van der Waals surface area contributed by atoms with Crippen LogP contribution in [-0.2, 0) is 0 Å². The van der Waals surface area contributed by atoms with Crippen molar-refractivity contribution in [3.63, 3.8) is 0 Å². The third kappa shape index (κ3) is 3.32. The highest BCUT2D eigenvalue weighted by molar-refractivity contribution is 9.10. The molecule has 1 heterocycles. The van der Waals surface area contributed by atoms with Gasteiger partial charge in [0, 0.05) is 30.7 Å². The van der Waals surface area contributed by atoms with E-state index in [1.807, 2.05) is 13.0 Å². The number of hydrogen-bond acceptors (Lipinski definition) is 3. The highest BCUT2D eigenvalue weighted by Gasteiger charge is 2.25. The van der Waals surface area contributed by atoms with Gasteiger partial charge in [0.1, 0.15) is 0 Å². The molecule has 1 aromatic rings. The van der Waals surface area contributed by atoms with E-state index in [0.29, 0.717) is 36.8 Å². The maximum Gasteiger partial charge on any atom is 0.255 e. The second-order valence-electron chi connectivity index (χ2n) is 4.76. The number of benzene rings is 1. The van der Waals surface area contributed by atoms with Crippen LogP contribution in [0.2, 0.25) is 5.02 Å². The van der Waals surface area contributed by atoms with Gasteiger partial charge in [-0.2, -0.15) is 5.26 Å². The molecule has 1 amide bonds. The molecule has 0 N–H and O–H groups in total. The van der Waals surface area contributed by atoms with Gasteiger partial charge >= 0.3 is 0 Å². The molecule has 1 aliphatic heterocycles. The summed E-state index contributed by atoms with van der Waals surface area (Å²) in [5.74, 6) is -0.0493. The molecule has 0 bridgehead atoms. The van der Waals surface area contributed by atoms with E-state index in [-0.39, 0.29) is 11.9 Å². The molecule has 1 aromatic carbocycles. The van der Waals surface area contributed by atoms with E-state index >= 15 is 0 Å². The van der Waals surface area contributed by atoms with Crippen LogP contribution in [0.25, 0.3) is 0 Å². The van der Waals surface area contributed by atoms with E-state index in [0.717, 1.165) is 4.47 Å². The van der Waals surface area contributed by atoms with E-state index < -0.39 is 0 Å². The Morgan fingerprint density at radius 3 is 2.60 bits per heavy atom. The zero-order chi connectivity index (χ0) is 14.7. The molecule has 0 spiro atoms. The van der Waals surface area contributed by atoms with Crippen molar-refractivity contribution in [3.05, 3.63) is 33.3 Å². The van der Waals surface area contributed by atoms with E-state index in [2.05, 4.69) is 26.9 Å². The van der Waals surface area contributed by atoms with Gasteiger partial charge in [-0.15, -0.1) is 0 Å². The normalized spacial score (nSPS) is 17.6. The molecule has 1 aliphatic rings. The smallest absolute Gasteiger partial charge is 0.255 e. The summed E-state index contributed by atoms with van der Waals surface area (Å²) >= 11 is 9.44. The van der Waals surface area contributed by atoms with Crippen LogP contribution in [0.1, 0.15) is 17.3 Å². The van der Waals surface area contributed by atoms with Gasteiger partial charge in [0.15, 0.2) is 0 Å². The molecule has 1 atom stereocenters. The van der Waals surface area contributed by atoms with Gasteiger partial charge in [0.2, 0.25) is 0 Å². The van der Waals surface area contributed by atoms with Crippen LogP contribution < -0.4 is 0 Å². The van der Waals surface area contributed by atoms with Crippen molar-refractivity contribution in [3.8, 4) is 6.07 Å². The van der Waals surface area contributed by atoms with Crippen LogP contribution in [0.5, 0.6) is 0 Å². The molecule has 0 radical (unpaired) electrons. The Morgan fingerprint density at radius 1 is 1.40 bits per heavy atom. The maximum absolute atomic E-state index is 12.4. The number of halogens is 2. The predicted octanol–water partition coefficient (Wildman–Crippen LogP) is 2.77. The molecular weight excluding hydrogens is 342 g/mol. The largest absolute Gasteiger partial charge is 0.336 e. The van der Waals surface area contributed by atoms with Crippen LogP contribution in [0.3, 0.4) is 0 Å². The molecule has 0 aromatic heterocycles. The topological polar surface area (TPSA) is 47.3 Å². The van der Waals surface area contributed by atoms with Crippen molar-refractivity contribution in [2.45, 2.75) is 13.0 Å². The molecule has 4 nitrogen and oxygen atoms in total. The summed E-state index contributed by atoms with van der Waals surface area (Å²) in [7, 11) is 0. The lowest BCUT2D eigenvalue weighted by Crippen LogP contribution is -2.51. The highest BCUT2D eigenvalue weighted by Crippen LogP contribution is 2.23. The van der Waals surface area contributed by atoms with Gasteiger partial charge in [-0.25, -0.2) is 0 Å². The Morgan fingerprint density at radius 2 is 2.05 bits per heavy atom. The van der Waals surface area contributed by atoms with Crippen LogP contribution in [0, 0.1) is 11.3 Å². The minimum atomic E-state index is -0.108. The third-order valence-corrected chi connectivity index (χ3v) is 4.30. The minimum Gasteiger partial charge on any atom is -0.336 e. The number of nitriles is 1. The summed E-state index contributed by atoms with van der Waals surface area (Å²) < 4.78 is 0.853. The Labute approximate surface area is 132 Å². The van der Waals surface area contributed by atoms with Crippen LogP contribution >= 0.6 is 27.5 Å². The Kier molecular flexibility index (Phi) is 5.03. The van der Waals surface area contributed by atoms with Crippen molar-refractivity contribution >= 4 is 33.4 Å². The summed E-state index contributed by atoms with van der Waals surface area (Å²) in [6, 6.07) is 7.39. The lowest BCUT2D eigenvalue weighted by molar-refractivity contribution is 0.0616. The lowest BCUT2D eigenvalue weighted by Gasteiger charge is -2.36. The number of piperazine rings is 1. The molecule has 20 heavy (non-hydrogen) atoms. The monoisotopic (exact) mass is 355 g/mol. The summed E-state index contributed by atoms with van der Waals surface area (Å²) in [4.78, 5) is 16.3. The number of nitrogens with zero attached hydrogens (tertiary/aromatic N) is 3. The molecule has 0 saturated carbocycles. The number of carbonyl (C=O) groups excluding carboxylic acids is 1. The van der Waals surface area contributed by atoms with Gasteiger partial charge in [-0.1, -0.05) is 27.5 Å². The fourth-order valence-corrected chi connectivity index (χ4v) is 2.98. The van der Waals surface area contributed by atoms with Gasteiger partial charge in [-0.05, 0) is 25.1 Å². The number of rotatable bonds is 2. The summed E-state index contributed by atoms with van der Waals surface area (Å²) in [6.07, 6.45) is 0. The highest BCUT2D eigenvalue weighted by atomic mass is 79.9. The third-order valence-electron chi connectivity index (χ3n) is 3.50. The van der Waals surface area contributed by atoms with Crippen molar-refractivity contribution in [2.75, 3.05) is 26.2 Å². The quantitative estimate of drug-likeness (QED) is 0.818. The first-order valence-corrected chi connectivity index (χ1v) is 7.58. The van der Waals surface area contributed by atoms with Gasteiger partial charge in [0.05, 0.1) is 22.7 Å². The molecule has 2 rings (SSSR count). The van der Waals surface area contributed by atoms with Crippen molar-refractivity contribution in [1.29, 1.82) is 5.26 Å². The molecule has 1 unspecified atom stereocenters. The second kappa shape index (κ2) is 6.57. The van der Waals surface area contributed by atoms with Crippen molar-refractivity contribution in [2.24, 2.45) is 0 Å². The molecule has 6 heteroatoms. The number of hydrogen-bond donors (Lipinski definition) is 0. The maximum atomic E-state index is 12.4. The molecule has 1 saturated heterocycles. The molecular formula is C14H15BrClN3O. The summed E-state index contributed by atoms with van der Waals surface area (Å²) in [6.45, 7) is 4.56. The van der Waals surface area contributed by atoms with Gasteiger partial charge in [0.25, 0.3) is 5.91 Å². The average Bonchev–Trinajstić information content (AvgIpc) is 2.46. The lowest BCUT2D eigenvalue weighted by atomic mass is 10.1. The number of carbonyl (C=O) groups is 1. The van der Waals surface area contributed by atoms with E-state index in [4.69, 9.17) is 16.9 Å². The van der Waals surface area contributed by atoms with Gasteiger partial charge < -0.3 is 4.90 Å². The first-order chi connectivity index (χ1) is 9.52. The average molecular weight is 357 g/mol. The summed E-state index contributed by atoms with van der Waals surface area (Å²) in [5, 5.41) is 9.36. The van der Waals surface area contributed by atoms with E-state index in [1.54, 1.807) is 17.0 Å².